The normalized spacial score (nSPS) is 17.2. The quantitative estimate of drug-likeness (QED) is 0.723. The van der Waals surface area contributed by atoms with Crippen molar-refractivity contribution in [3.8, 4) is 0 Å². The van der Waals surface area contributed by atoms with Gasteiger partial charge in [0.25, 0.3) is 0 Å². The number of hydrogen-bond donors (Lipinski definition) is 3. The van der Waals surface area contributed by atoms with Gasteiger partial charge in [0.05, 0.1) is 6.10 Å². The van der Waals surface area contributed by atoms with E-state index in [9.17, 15) is 13.9 Å². The van der Waals surface area contributed by atoms with Crippen molar-refractivity contribution in [2.24, 2.45) is 5.92 Å². The van der Waals surface area contributed by atoms with Crippen LogP contribution in [0.2, 0.25) is 0 Å². The van der Waals surface area contributed by atoms with Gasteiger partial charge in [0.15, 0.2) is 23.3 Å². The molecule has 1 saturated carbocycles. The molecule has 0 saturated heterocycles. The Morgan fingerprint density at radius 3 is 2.81 bits per heavy atom. The fourth-order valence-corrected chi connectivity index (χ4v) is 1.45. The first-order chi connectivity index (χ1) is 7.58. The van der Waals surface area contributed by atoms with E-state index in [4.69, 9.17) is 5.73 Å². The summed E-state index contributed by atoms with van der Waals surface area (Å²) in [5.41, 5.74) is 5.21. The number of nitrogens with one attached hydrogen (secondary N) is 1. The van der Waals surface area contributed by atoms with E-state index in [0.29, 0.717) is 6.07 Å². The van der Waals surface area contributed by atoms with Crippen LogP contribution in [-0.2, 0) is 0 Å². The molecule has 0 bridgehead atoms. The average Bonchev–Trinajstić information content (AvgIpc) is 3.04. The highest BCUT2D eigenvalue weighted by Gasteiger charge is 2.29. The lowest BCUT2D eigenvalue weighted by Gasteiger charge is -2.12. The van der Waals surface area contributed by atoms with Gasteiger partial charge in [0.2, 0.25) is 0 Å². The molecule has 4 N–H and O–H groups in total. The summed E-state index contributed by atoms with van der Waals surface area (Å²) in [5, 5.41) is 12.2. The fourth-order valence-electron chi connectivity index (χ4n) is 1.45. The SMILES string of the molecule is Nc1nc(NCC(O)C2CC2)c(F)cc1F. The molecule has 0 spiro atoms. The first-order valence-corrected chi connectivity index (χ1v) is 5.11. The zero-order chi connectivity index (χ0) is 11.7. The van der Waals surface area contributed by atoms with Crippen molar-refractivity contribution in [2.75, 3.05) is 17.6 Å². The van der Waals surface area contributed by atoms with Crippen molar-refractivity contribution in [1.29, 1.82) is 0 Å². The van der Waals surface area contributed by atoms with Gasteiger partial charge in [-0.2, -0.15) is 0 Å². The maximum atomic E-state index is 13.2. The molecule has 1 atom stereocenters. The number of rotatable bonds is 4. The fraction of sp³-hybridized carbons (Fsp3) is 0.500. The van der Waals surface area contributed by atoms with Crippen LogP contribution >= 0.6 is 0 Å². The molecule has 0 amide bonds. The van der Waals surface area contributed by atoms with Gasteiger partial charge in [-0.1, -0.05) is 0 Å². The first kappa shape index (κ1) is 11.1. The van der Waals surface area contributed by atoms with Crippen LogP contribution in [0.3, 0.4) is 0 Å². The molecule has 1 aromatic rings. The van der Waals surface area contributed by atoms with Gasteiger partial charge in [0, 0.05) is 12.6 Å². The number of nitrogen functional groups attached to an aromatic ring is 1. The molecular formula is C10H13F2N3O. The van der Waals surface area contributed by atoms with Crippen LogP contribution in [0.5, 0.6) is 0 Å². The lowest BCUT2D eigenvalue weighted by molar-refractivity contribution is 0.164. The number of anilines is 2. The van der Waals surface area contributed by atoms with E-state index in [-0.39, 0.29) is 24.1 Å². The summed E-state index contributed by atoms with van der Waals surface area (Å²) in [4.78, 5) is 3.53. The Morgan fingerprint density at radius 1 is 1.50 bits per heavy atom. The second-order valence-electron chi connectivity index (χ2n) is 3.97. The van der Waals surface area contributed by atoms with Crippen molar-refractivity contribution in [3.05, 3.63) is 17.7 Å². The zero-order valence-electron chi connectivity index (χ0n) is 8.58. The lowest BCUT2D eigenvalue weighted by Crippen LogP contribution is -2.22. The predicted octanol–water partition coefficient (Wildman–Crippen LogP) is 1.12. The van der Waals surface area contributed by atoms with Crippen molar-refractivity contribution >= 4 is 11.6 Å². The van der Waals surface area contributed by atoms with E-state index < -0.39 is 17.7 Å². The minimum atomic E-state index is -0.884. The summed E-state index contributed by atoms with van der Waals surface area (Å²) < 4.78 is 26.0. The number of aliphatic hydroxyl groups is 1. The van der Waals surface area contributed by atoms with Gasteiger partial charge in [-0.05, 0) is 18.8 Å². The number of pyridine rings is 1. The summed E-state index contributed by atoms with van der Waals surface area (Å²) in [7, 11) is 0. The average molecular weight is 229 g/mol. The van der Waals surface area contributed by atoms with Crippen LogP contribution in [0.15, 0.2) is 6.07 Å². The molecule has 1 aromatic heterocycles. The third kappa shape index (κ3) is 2.38. The number of halogens is 2. The highest BCUT2D eigenvalue weighted by molar-refractivity contribution is 5.44. The van der Waals surface area contributed by atoms with Crippen LogP contribution in [0.25, 0.3) is 0 Å². The lowest BCUT2D eigenvalue weighted by atomic mass is 10.2. The van der Waals surface area contributed by atoms with Crippen LogP contribution in [0, 0.1) is 17.6 Å². The third-order valence-corrected chi connectivity index (χ3v) is 2.60. The van der Waals surface area contributed by atoms with Gasteiger partial charge in [-0.25, -0.2) is 13.8 Å². The molecule has 88 valence electrons. The summed E-state index contributed by atoms with van der Waals surface area (Å²) in [6.45, 7) is 0.194. The Kier molecular flexibility index (Phi) is 2.91. The second-order valence-corrected chi connectivity index (χ2v) is 3.97. The van der Waals surface area contributed by atoms with E-state index in [1.807, 2.05) is 0 Å². The topological polar surface area (TPSA) is 71.2 Å². The molecule has 1 fully saturated rings. The molecule has 0 aliphatic heterocycles. The maximum absolute atomic E-state index is 13.2. The Bertz CT molecular complexity index is 396. The van der Waals surface area contributed by atoms with Crippen molar-refractivity contribution in [3.63, 3.8) is 0 Å². The van der Waals surface area contributed by atoms with Gasteiger partial charge in [0.1, 0.15) is 0 Å². The number of aliphatic hydroxyl groups excluding tert-OH is 1. The Morgan fingerprint density at radius 2 is 2.19 bits per heavy atom. The second kappa shape index (κ2) is 4.21. The largest absolute Gasteiger partial charge is 0.391 e. The number of nitrogens with zero attached hydrogens (tertiary/aromatic N) is 1. The molecule has 0 aromatic carbocycles. The highest BCUT2D eigenvalue weighted by Crippen LogP contribution is 2.32. The smallest absolute Gasteiger partial charge is 0.168 e. The Labute approximate surface area is 91.5 Å². The number of hydrogen-bond acceptors (Lipinski definition) is 4. The summed E-state index contributed by atoms with van der Waals surface area (Å²) >= 11 is 0. The molecule has 1 aliphatic carbocycles. The summed E-state index contributed by atoms with van der Waals surface area (Å²) in [5.74, 6) is -1.89. The van der Waals surface area contributed by atoms with Gasteiger partial charge >= 0.3 is 0 Å². The predicted molar refractivity (Wildman–Crippen MR) is 55.8 cm³/mol. The number of nitrogens with two attached hydrogens (primary N) is 1. The molecular weight excluding hydrogens is 216 g/mol. The van der Waals surface area contributed by atoms with Gasteiger partial charge < -0.3 is 16.2 Å². The Hall–Kier alpha value is -1.43. The molecule has 16 heavy (non-hydrogen) atoms. The molecule has 1 unspecified atom stereocenters. The van der Waals surface area contributed by atoms with E-state index in [0.717, 1.165) is 12.8 Å². The number of aromatic nitrogens is 1. The molecule has 4 nitrogen and oxygen atoms in total. The van der Waals surface area contributed by atoms with Gasteiger partial charge in [-0.3, -0.25) is 0 Å². The summed E-state index contributed by atoms with van der Waals surface area (Å²) in [6.07, 6.45) is 1.46. The van der Waals surface area contributed by atoms with Crippen molar-refractivity contribution < 1.29 is 13.9 Å². The van der Waals surface area contributed by atoms with E-state index >= 15 is 0 Å². The van der Waals surface area contributed by atoms with Gasteiger partial charge in [-0.15, -0.1) is 0 Å². The third-order valence-electron chi connectivity index (χ3n) is 2.60. The van der Waals surface area contributed by atoms with Crippen LogP contribution in [0.4, 0.5) is 20.4 Å². The van der Waals surface area contributed by atoms with Crippen LogP contribution in [-0.4, -0.2) is 22.7 Å². The maximum Gasteiger partial charge on any atom is 0.168 e. The molecule has 2 rings (SSSR count). The molecule has 6 heteroatoms. The zero-order valence-corrected chi connectivity index (χ0v) is 8.58. The molecule has 0 radical (unpaired) electrons. The van der Waals surface area contributed by atoms with E-state index in [1.54, 1.807) is 0 Å². The van der Waals surface area contributed by atoms with Crippen LogP contribution in [0.1, 0.15) is 12.8 Å². The standard InChI is InChI=1S/C10H13F2N3O/c11-6-3-7(12)10(15-9(6)13)14-4-8(16)5-1-2-5/h3,5,8,16H,1-2,4H2,(H3,13,14,15). The molecule has 1 aliphatic rings. The minimum absolute atomic E-state index is 0.126. The highest BCUT2D eigenvalue weighted by atomic mass is 19.1. The van der Waals surface area contributed by atoms with E-state index in [2.05, 4.69) is 10.3 Å². The van der Waals surface area contributed by atoms with E-state index in [1.165, 1.54) is 0 Å². The summed E-state index contributed by atoms with van der Waals surface area (Å²) in [6, 6.07) is 0.675. The first-order valence-electron chi connectivity index (χ1n) is 5.11. The molecule has 1 heterocycles. The monoisotopic (exact) mass is 229 g/mol. The van der Waals surface area contributed by atoms with Crippen molar-refractivity contribution in [2.45, 2.75) is 18.9 Å². The van der Waals surface area contributed by atoms with Crippen LogP contribution < -0.4 is 11.1 Å². The van der Waals surface area contributed by atoms with Crippen molar-refractivity contribution in [1.82, 2.24) is 4.98 Å². The Balaban J connectivity index is 2.00. The minimum Gasteiger partial charge on any atom is -0.391 e.